The van der Waals surface area contributed by atoms with Gasteiger partial charge in [0.1, 0.15) is 0 Å². The second-order valence-electron chi connectivity index (χ2n) is 7.60. The summed E-state index contributed by atoms with van der Waals surface area (Å²) in [7, 11) is 0. The van der Waals surface area contributed by atoms with Crippen LogP contribution in [0.5, 0.6) is 0 Å². The third-order valence-electron chi connectivity index (χ3n) is 5.52. The summed E-state index contributed by atoms with van der Waals surface area (Å²) in [5.41, 5.74) is 2.93. The fraction of sp³-hybridized carbons (Fsp3) is 0.700. The Morgan fingerprint density at radius 1 is 1.05 bits per heavy atom. The highest BCUT2D eigenvalue weighted by Crippen LogP contribution is 2.26. The molecule has 0 bridgehead atoms. The van der Waals surface area contributed by atoms with Gasteiger partial charge in [0.25, 0.3) is 0 Å². The van der Waals surface area contributed by atoms with Crippen LogP contribution in [-0.2, 0) is 6.54 Å². The quantitative estimate of drug-likeness (QED) is 0.805. The highest BCUT2D eigenvalue weighted by Gasteiger charge is 2.22. The Labute approximate surface area is 136 Å². The topological polar surface area (TPSA) is 6.48 Å². The molecule has 1 aromatic carbocycles. The molecule has 0 spiro atoms. The van der Waals surface area contributed by atoms with Crippen LogP contribution in [0.1, 0.15) is 51.5 Å². The van der Waals surface area contributed by atoms with Crippen molar-refractivity contribution in [2.75, 3.05) is 31.1 Å². The van der Waals surface area contributed by atoms with Crippen molar-refractivity contribution >= 4 is 5.69 Å². The zero-order valence-corrected chi connectivity index (χ0v) is 14.4. The Morgan fingerprint density at radius 3 is 2.64 bits per heavy atom. The molecule has 3 rings (SSSR count). The molecule has 2 nitrogen and oxygen atoms in total. The van der Waals surface area contributed by atoms with Crippen LogP contribution >= 0.6 is 0 Å². The van der Waals surface area contributed by atoms with Crippen molar-refractivity contribution in [3.05, 3.63) is 29.8 Å². The molecule has 2 saturated heterocycles. The van der Waals surface area contributed by atoms with Crippen LogP contribution in [0.4, 0.5) is 5.69 Å². The first kappa shape index (κ1) is 15.9. The fourth-order valence-corrected chi connectivity index (χ4v) is 4.04. The Balaban J connectivity index is 1.62. The second kappa shape index (κ2) is 7.50. The average molecular weight is 300 g/mol. The first-order valence-corrected chi connectivity index (χ1v) is 9.28. The number of likely N-dealkylation sites (tertiary alicyclic amines) is 1. The SMILES string of the molecule is CC(C)C1CCCN(Cc2cccc(N3CCCCC3)c2)C1. The van der Waals surface area contributed by atoms with Gasteiger partial charge in [-0.05, 0) is 68.2 Å². The molecule has 1 atom stereocenters. The van der Waals surface area contributed by atoms with Gasteiger partial charge in [0.05, 0.1) is 0 Å². The lowest BCUT2D eigenvalue weighted by molar-refractivity contribution is 0.139. The highest BCUT2D eigenvalue weighted by atomic mass is 15.1. The predicted molar refractivity (Wildman–Crippen MR) is 95.3 cm³/mol. The number of hydrogen-bond acceptors (Lipinski definition) is 2. The monoisotopic (exact) mass is 300 g/mol. The van der Waals surface area contributed by atoms with Gasteiger partial charge < -0.3 is 4.90 Å². The molecule has 22 heavy (non-hydrogen) atoms. The van der Waals surface area contributed by atoms with Gasteiger partial charge in [-0.2, -0.15) is 0 Å². The minimum absolute atomic E-state index is 0.822. The first-order chi connectivity index (χ1) is 10.7. The maximum Gasteiger partial charge on any atom is 0.0369 e. The summed E-state index contributed by atoms with van der Waals surface area (Å²) in [6.07, 6.45) is 6.90. The Kier molecular flexibility index (Phi) is 5.41. The molecular weight excluding hydrogens is 268 g/mol. The molecule has 0 N–H and O–H groups in total. The molecule has 0 saturated carbocycles. The van der Waals surface area contributed by atoms with E-state index in [1.54, 1.807) is 0 Å². The van der Waals surface area contributed by atoms with Crippen LogP contribution in [0.25, 0.3) is 0 Å². The van der Waals surface area contributed by atoms with Crippen LogP contribution < -0.4 is 4.90 Å². The average Bonchev–Trinajstić information content (AvgIpc) is 2.56. The van der Waals surface area contributed by atoms with Crippen molar-refractivity contribution in [3.63, 3.8) is 0 Å². The number of anilines is 1. The molecule has 2 fully saturated rings. The van der Waals surface area contributed by atoms with Gasteiger partial charge in [0, 0.05) is 31.9 Å². The summed E-state index contributed by atoms with van der Waals surface area (Å²) < 4.78 is 0. The van der Waals surface area contributed by atoms with Gasteiger partial charge in [-0.3, -0.25) is 4.90 Å². The summed E-state index contributed by atoms with van der Waals surface area (Å²) >= 11 is 0. The van der Waals surface area contributed by atoms with Crippen molar-refractivity contribution in [1.29, 1.82) is 0 Å². The third kappa shape index (κ3) is 4.04. The maximum absolute atomic E-state index is 2.67. The van der Waals surface area contributed by atoms with E-state index in [9.17, 15) is 0 Å². The molecular formula is C20H32N2. The lowest BCUT2D eigenvalue weighted by atomic mass is 9.88. The van der Waals surface area contributed by atoms with Gasteiger partial charge in [-0.1, -0.05) is 26.0 Å². The summed E-state index contributed by atoms with van der Waals surface area (Å²) in [6, 6.07) is 9.29. The molecule has 0 aliphatic carbocycles. The highest BCUT2D eigenvalue weighted by molar-refractivity contribution is 5.48. The van der Waals surface area contributed by atoms with Crippen LogP contribution in [-0.4, -0.2) is 31.1 Å². The normalized spacial score (nSPS) is 24.0. The zero-order chi connectivity index (χ0) is 15.4. The Hall–Kier alpha value is -1.02. The van der Waals surface area contributed by atoms with E-state index in [4.69, 9.17) is 0 Å². The van der Waals surface area contributed by atoms with Crippen LogP contribution in [0.3, 0.4) is 0 Å². The fourth-order valence-electron chi connectivity index (χ4n) is 4.04. The maximum atomic E-state index is 2.67. The van der Waals surface area contributed by atoms with Gasteiger partial charge >= 0.3 is 0 Å². The van der Waals surface area contributed by atoms with E-state index in [0.717, 1.165) is 18.4 Å². The van der Waals surface area contributed by atoms with E-state index < -0.39 is 0 Å². The number of benzene rings is 1. The van der Waals surface area contributed by atoms with E-state index in [1.807, 2.05) is 0 Å². The summed E-state index contributed by atoms with van der Waals surface area (Å²) in [6.45, 7) is 10.9. The van der Waals surface area contributed by atoms with Crippen molar-refractivity contribution in [3.8, 4) is 0 Å². The van der Waals surface area contributed by atoms with Crippen LogP contribution in [0, 0.1) is 11.8 Å². The molecule has 2 aliphatic heterocycles. The second-order valence-corrected chi connectivity index (χ2v) is 7.60. The molecule has 1 unspecified atom stereocenters. The van der Waals surface area contributed by atoms with Gasteiger partial charge in [-0.15, -0.1) is 0 Å². The molecule has 2 heteroatoms. The zero-order valence-electron chi connectivity index (χ0n) is 14.4. The van der Waals surface area contributed by atoms with E-state index in [0.29, 0.717) is 0 Å². The van der Waals surface area contributed by atoms with Gasteiger partial charge in [0.15, 0.2) is 0 Å². The summed E-state index contributed by atoms with van der Waals surface area (Å²) in [4.78, 5) is 5.24. The van der Waals surface area contributed by atoms with Gasteiger partial charge in [0.2, 0.25) is 0 Å². The summed E-state index contributed by atoms with van der Waals surface area (Å²) in [5.74, 6) is 1.71. The standard InChI is InChI=1S/C20H32N2/c1-17(2)19-9-7-11-21(16-19)15-18-8-6-10-20(14-18)22-12-4-3-5-13-22/h6,8,10,14,17,19H,3-5,7,9,11-13,15-16H2,1-2H3. The molecule has 122 valence electrons. The largest absolute Gasteiger partial charge is 0.372 e. The molecule has 1 aromatic rings. The Bertz CT molecular complexity index is 463. The molecule has 2 heterocycles. The number of rotatable bonds is 4. The first-order valence-electron chi connectivity index (χ1n) is 9.28. The van der Waals surface area contributed by atoms with Gasteiger partial charge in [-0.25, -0.2) is 0 Å². The number of nitrogens with zero attached hydrogens (tertiary/aromatic N) is 2. The number of piperidine rings is 2. The molecule has 0 amide bonds. The van der Waals surface area contributed by atoms with Crippen LogP contribution in [0.2, 0.25) is 0 Å². The van der Waals surface area contributed by atoms with Crippen molar-refractivity contribution < 1.29 is 0 Å². The van der Waals surface area contributed by atoms with Crippen LogP contribution in [0.15, 0.2) is 24.3 Å². The van der Waals surface area contributed by atoms with E-state index >= 15 is 0 Å². The van der Waals surface area contributed by atoms with E-state index in [1.165, 1.54) is 69.5 Å². The molecule has 0 radical (unpaired) electrons. The smallest absolute Gasteiger partial charge is 0.0369 e. The van der Waals surface area contributed by atoms with Crippen molar-refractivity contribution in [2.24, 2.45) is 11.8 Å². The van der Waals surface area contributed by atoms with E-state index in [-0.39, 0.29) is 0 Å². The molecule has 0 aromatic heterocycles. The summed E-state index contributed by atoms with van der Waals surface area (Å²) in [5, 5.41) is 0. The molecule has 2 aliphatic rings. The number of hydrogen-bond donors (Lipinski definition) is 0. The Morgan fingerprint density at radius 2 is 1.86 bits per heavy atom. The predicted octanol–water partition coefficient (Wildman–Crippen LogP) is 4.54. The van der Waals surface area contributed by atoms with Crippen molar-refractivity contribution in [2.45, 2.75) is 52.5 Å². The minimum atomic E-state index is 0.822. The van der Waals surface area contributed by atoms with Crippen molar-refractivity contribution in [1.82, 2.24) is 4.90 Å². The van der Waals surface area contributed by atoms with E-state index in [2.05, 4.69) is 47.9 Å². The lowest BCUT2D eigenvalue weighted by Gasteiger charge is -2.35. The lowest BCUT2D eigenvalue weighted by Crippen LogP contribution is -2.37. The third-order valence-corrected chi connectivity index (χ3v) is 5.52. The minimum Gasteiger partial charge on any atom is -0.372 e.